The van der Waals surface area contributed by atoms with Crippen molar-refractivity contribution < 1.29 is 19.1 Å². The molecule has 0 aliphatic carbocycles. The average Bonchev–Trinajstić information content (AvgIpc) is 3.03. The van der Waals surface area contributed by atoms with Crippen LogP contribution in [0.25, 0.3) is 0 Å². The normalized spacial score (nSPS) is 21.7. The number of hydrogen-bond acceptors (Lipinski definition) is 7. The van der Waals surface area contributed by atoms with Crippen LogP contribution in [0.1, 0.15) is 18.9 Å². The summed E-state index contributed by atoms with van der Waals surface area (Å²) in [4.78, 5) is 27.8. The summed E-state index contributed by atoms with van der Waals surface area (Å²) < 4.78 is 9.74. The van der Waals surface area contributed by atoms with Crippen LogP contribution >= 0.6 is 0 Å². The summed E-state index contributed by atoms with van der Waals surface area (Å²) in [6.07, 6.45) is 2.68. The Morgan fingerprint density at radius 2 is 2.60 bits per heavy atom. The third kappa shape index (κ3) is 2.25. The molecule has 8 nitrogen and oxygen atoms in total. The number of rotatable bonds is 4. The van der Waals surface area contributed by atoms with Gasteiger partial charge in [0, 0.05) is 18.8 Å². The van der Waals surface area contributed by atoms with Crippen molar-refractivity contribution in [2.75, 3.05) is 13.2 Å². The Hall–Kier alpha value is -2.69. The van der Waals surface area contributed by atoms with E-state index in [9.17, 15) is 9.59 Å². The topological polar surface area (TPSA) is 117 Å². The number of carbonyl (C=O) groups is 2. The largest absolute Gasteiger partial charge is 0.465 e. The molecule has 0 radical (unpaired) electrons. The molecule has 0 saturated carbocycles. The minimum atomic E-state index is -1.55. The van der Waals surface area contributed by atoms with Gasteiger partial charge < -0.3 is 9.47 Å². The lowest BCUT2D eigenvalue weighted by Crippen LogP contribution is -2.38. The van der Waals surface area contributed by atoms with Gasteiger partial charge in [0.05, 0.1) is 13.2 Å². The predicted molar refractivity (Wildman–Crippen MR) is 66.1 cm³/mol. The van der Waals surface area contributed by atoms with Gasteiger partial charge in [0.2, 0.25) is 5.41 Å². The van der Waals surface area contributed by atoms with E-state index in [1.54, 1.807) is 6.92 Å². The first-order valence-corrected chi connectivity index (χ1v) is 5.97. The number of aromatic nitrogens is 2. The molecule has 1 aliphatic rings. The quantitative estimate of drug-likeness (QED) is 0.485. The van der Waals surface area contributed by atoms with E-state index in [1.807, 2.05) is 6.07 Å². The van der Waals surface area contributed by atoms with Crippen LogP contribution < -0.4 is 0 Å². The molecule has 8 heteroatoms. The lowest BCUT2D eigenvalue weighted by Gasteiger charge is -2.16. The third-order valence-electron chi connectivity index (χ3n) is 2.88. The lowest BCUT2D eigenvalue weighted by molar-refractivity contribution is -0.159. The molecule has 0 amide bonds. The van der Waals surface area contributed by atoms with Gasteiger partial charge in [-0.15, -0.1) is 0 Å². The van der Waals surface area contributed by atoms with Gasteiger partial charge in [-0.3, -0.25) is 14.7 Å². The number of esters is 2. The first-order valence-electron chi connectivity index (χ1n) is 5.97. The van der Waals surface area contributed by atoms with Gasteiger partial charge in [-0.05, 0) is 6.92 Å². The van der Waals surface area contributed by atoms with Crippen molar-refractivity contribution in [3.05, 3.63) is 11.8 Å². The molecular weight excluding hydrogens is 264 g/mol. The second kappa shape index (κ2) is 5.52. The Bertz CT molecular complexity index is 601. The fraction of sp³-hybridized carbons (Fsp3) is 0.417. The summed E-state index contributed by atoms with van der Waals surface area (Å²) in [5, 5.41) is 15.1. The maximum absolute atomic E-state index is 12.0. The molecule has 2 heterocycles. The fourth-order valence-corrected chi connectivity index (χ4v) is 1.79. The molecular formula is C12H12N4O4. The van der Waals surface area contributed by atoms with Gasteiger partial charge in [-0.2, -0.15) is 10.4 Å². The minimum absolute atomic E-state index is 0.107. The molecule has 104 valence electrons. The second-order valence-electron chi connectivity index (χ2n) is 4.07. The molecule has 1 fully saturated rings. The fourth-order valence-electron chi connectivity index (χ4n) is 1.79. The highest BCUT2D eigenvalue weighted by atomic mass is 16.6. The molecule has 20 heavy (non-hydrogen) atoms. The number of nitrogens with one attached hydrogen (secondary N) is 1. The van der Waals surface area contributed by atoms with Gasteiger partial charge in [-0.25, -0.2) is 4.99 Å². The Labute approximate surface area is 114 Å². The van der Waals surface area contributed by atoms with Crippen LogP contribution in [0.2, 0.25) is 0 Å². The smallest absolute Gasteiger partial charge is 0.329 e. The molecule has 1 aliphatic heterocycles. The van der Waals surface area contributed by atoms with E-state index >= 15 is 0 Å². The molecule has 0 bridgehead atoms. The highest BCUT2D eigenvalue weighted by Gasteiger charge is 2.51. The van der Waals surface area contributed by atoms with Crippen LogP contribution in [0, 0.1) is 16.7 Å². The van der Waals surface area contributed by atoms with Crippen molar-refractivity contribution in [1.29, 1.82) is 5.26 Å². The lowest BCUT2D eigenvalue weighted by atomic mass is 9.88. The summed E-state index contributed by atoms with van der Waals surface area (Å²) >= 11 is 0. The standard InChI is InChI=1S/C12H12N4O4/c1-2-19-10(17)12(3-4-20-11(12)18)7-14-9-8(5-13)6-15-16-9/h6-7H,2-4H2,1H3,(H,15,16). The van der Waals surface area contributed by atoms with E-state index < -0.39 is 17.4 Å². The van der Waals surface area contributed by atoms with Crippen molar-refractivity contribution in [3.63, 3.8) is 0 Å². The van der Waals surface area contributed by atoms with E-state index in [4.69, 9.17) is 14.7 Å². The van der Waals surface area contributed by atoms with Crippen LogP contribution in [0.15, 0.2) is 11.2 Å². The molecule has 1 saturated heterocycles. The van der Waals surface area contributed by atoms with Gasteiger partial charge in [0.1, 0.15) is 11.6 Å². The summed E-state index contributed by atoms with van der Waals surface area (Å²) in [6, 6.07) is 1.89. The van der Waals surface area contributed by atoms with Gasteiger partial charge in [0.25, 0.3) is 0 Å². The second-order valence-corrected chi connectivity index (χ2v) is 4.07. The van der Waals surface area contributed by atoms with Crippen molar-refractivity contribution in [2.45, 2.75) is 13.3 Å². The molecule has 0 aromatic carbocycles. The molecule has 1 atom stereocenters. The Kier molecular flexibility index (Phi) is 3.79. The van der Waals surface area contributed by atoms with E-state index in [0.717, 1.165) is 6.21 Å². The number of carbonyl (C=O) groups excluding carboxylic acids is 2. The summed E-state index contributed by atoms with van der Waals surface area (Å²) in [6.45, 7) is 1.91. The van der Waals surface area contributed by atoms with Crippen molar-refractivity contribution >= 4 is 24.0 Å². The molecule has 1 aromatic heterocycles. The number of cyclic esters (lactones) is 1. The molecule has 2 rings (SSSR count). The first kappa shape index (κ1) is 13.7. The van der Waals surface area contributed by atoms with E-state index in [1.165, 1.54) is 6.20 Å². The van der Waals surface area contributed by atoms with Gasteiger partial charge in [0.15, 0.2) is 5.82 Å². The van der Waals surface area contributed by atoms with Crippen molar-refractivity contribution in [2.24, 2.45) is 10.4 Å². The van der Waals surface area contributed by atoms with Crippen LogP contribution in [0.5, 0.6) is 0 Å². The van der Waals surface area contributed by atoms with Crippen LogP contribution in [0.3, 0.4) is 0 Å². The minimum Gasteiger partial charge on any atom is -0.465 e. The number of aliphatic imine (C=N–C) groups is 1. The summed E-state index contributed by atoms with van der Waals surface area (Å²) in [7, 11) is 0. The van der Waals surface area contributed by atoms with Crippen molar-refractivity contribution in [3.8, 4) is 6.07 Å². The maximum atomic E-state index is 12.0. The number of nitrogens with zero attached hydrogens (tertiary/aromatic N) is 3. The molecule has 1 unspecified atom stereocenters. The average molecular weight is 276 g/mol. The Balaban J connectivity index is 2.32. The van der Waals surface area contributed by atoms with Crippen LogP contribution in [0.4, 0.5) is 5.82 Å². The van der Waals surface area contributed by atoms with Crippen LogP contribution in [-0.4, -0.2) is 41.6 Å². The van der Waals surface area contributed by atoms with Crippen LogP contribution in [-0.2, 0) is 19.1 Å². The zero-order valence-electron chi connectivity index (χ0n) is 10.8. The molecule has 0 spiro atoms. The zero-order chi connectivity index (χ0) is 14.6. The third-order valence-corrected chi connectivity index (χ3v) is 2.88. The highest BCUT2D eigenvalue weighted by molar-refractivity contribution is 6.15. The SMILES string of the molecule is CCOC(=O)C1(C=Nc2n[nH]cc2C#N)CCOC1=O. The number of nitriles is 1. The monoisotopic (exact) mass is 276 g/mol. The number of aromatic amines is 1. The maximum Gasteiger partial charge on any atom is 0.329 e. The van der Waals surface area contributed by atoms with Gasteiger partial charge in [-0.1, -0.05) is 0 Å². The summed E-state index contributed by atoms with van der Waals surface area (Å²) in [5.74, 6) is -1.30. The van der Waals surface area contributed by atoms with E-state index in [2.05, 4.69) is 15.2 Å². The predicted octanol–water partition coefficient (Wildman–Crippen LogP) is 0.480. The summed E-state index contributed by atoms with van der Waals surface area (Å²) in [5.41, 5.74) is -1.34. The van der Waals surface area contributed by atoms with E-state index in [0.29, 0.717) is 0 Å². The van der Waals surface area contributed by atoms with Crippen molar-refractivity contribution in [1.82, 2.24) is 10.2 Å². The Morgan fingerprint density at radius 3 is 3.20 bits per heavy atom. The van der Waals surface area contributed by atoms with E-state index in [-0.39, 0.29) is 31.0 Å². The molecule has 1 N–H and O–H groups in total. The number of hydrogen-bond donors (Lipinski definition) is 1. The van der Waals surface area contributed by atoms with Gasteiger partial charge >= 0.3 is 11.9 Å². The number of H-pyrrole nitrogens is 1. The molecule has 1 aromatic rings. The Morgan fingerprint density at radius 1 is 1.80 bits per heavy atom. The number of ether oxygens (including phenoxy) is 2. The zero-order valence-corrected chi connectivity index (χ0v) is 10.8. The highest BCUT2D eigenvalue weighted by Crippen LogP contribution is 2.31. The first-order chi connectivity index (χ1) is 9.64.